The molecule has 0 fully saturated rings. The van der Waals surface area contributed by atoms with Gasteiger partial charge in [0.05, 0.1) is 12.6 Å². The van der Waals surface area contributed by atoms with Crippen LogP contribution in [0.15, 0.2) is 30.4 Å². The fraction of sp³-hybridized carbons (Fsp3) is 0.375. The number of benzene rings is 1. The third-order valence-corrected chi connectivity index (χ3v) is 4.14. The first-order valence-corrected chi connectivity index (χ1v) is 7.07. The number of carboxylic acid groups (broad SMARTS) is 1. The second kappa shape index (κ2) is 5.24. The Morgan fingerprint density at radius 1 is 1.43 bits per heavy atom. The molecule has 5 nitrogen and oxygen atoms in total. The molecule has 0 amide bonds. The van der Waals surface area contributed by atoms with Crippen molar-refractivity contribution in [1.29, 1.82) is 0 Å². The molecule has 2 aliphatic rings. The van der Waals surface area contributed by atoms with Gasteiger partial charge in [-0.15, -0.1) is 0 Å². The van der Waals surface area contributed by atoms with Gasteiger partial charge >= 0.3 is 5.97 Å². The van der Waals surface area contributed by atoms with Crippen LogP contribution in [0.1, 0.15) is 35.2 Å². The van der Waals surface area contributed by atoms with Gasteiger partial charge < -0.3 is 20.0 Å². The van der Waals surface area contributed by atoms with Crippen molar-refractivity contribution in [2.75, 3.05) is 11.9 Å². The smallest absolute Gasteiger partial charge is 0.328 e. The van der Waals surface area contributed by atoms with Crippen molar-refractivity contribution in [3.63, 3.8) is 0 Å². The van der Waals surface area contributed by atoms with E-state index in [1.807, 2.05) is 12.2 Å². The number of allylic oxidation sites excluding steroid dienone is 2. The molecule has 1 N–H and O–H groups in total. The molecule has 1 aromatic rings. The Bertz CT molecular complexity index is 623. The van der Waals surface area contributed by atoms with Gasteiger partial charge in [-0.2, -0.15) is 0 Å². The van der Waals surface area contributed by atoms with Crippen molar-refractivity contribution in [2.24, 2.45) is 5.92 Å². The lowest BCUT2D eigenvalue weighted by Crippen LogP contribution is -2.43. The maximum Gasteiger partial charge on any atom is 0.328 e. The average molecular weight is 286 g/mol. The van der Waals surface area contributed by atoms with Gasteiger partial charge in [-0.25, -0.2) is 4.79 Å². The Morgan fingerprint density at radius 2 is 2.24 bits per heavy atom. The molecule has 0 saturated carbocycles. The van der Waals surface area contributed by atoms with Gasteiger partial charge in [0.25, 0.3) is 0 Å². The zero-order valence-corrected chi connectivity index (χ0v) is 11.7. The van der Waals surface area contributed by atoms with Crippen LogP contribution in [-0.2, 0) is 9.53 Å². The molecule has 0 aromatic heterocycles. The van der Waals surface area contributed by atoms with E-state index in [0.717, 1.165) is 17.7 Å². The molecule has 21 heavy (non-hydrogen) atoms. The van der Waals surface area contributed by atoms with Crippen LogP contribution in [0.2, 0.25) is 0 Å². The first-order chi connectivity index (χ1) is 10.1. The number of carboxylic acids is 1. The summed E-state index contributed by atoms with van der Waals surface area (Å²) in [7, 11) is 0. The van der Waals surface area contributed by atoms with Crippen molar-refractivity contribution in [2.45, 2.75) is 25.3 Å². The topological polar surface area (TPSA) is 78.5 Å². The number of anilines is 1. The summed E-state index contributed by atoms with van der Waals surface area (Å²) >= 11 is 0. The molecule has 1 heterocycles. The number of esters is 1. The molecule has 1 aliphatic carbocycles. The number of hydrogen-bond donors (Lipinski definition) is 1. The van der Waals surface area contributed by atoms with Crippen LogP contribution in [-0.4, -0.2) is 24.6 Å². The summed E-state index contributed by atoms with van der Waals surface area (Å²) in [5.74, 6) is -1.35. The number of carbonyl (C=O) groups excluding carboxylic acids is 2. The highest BCUT2D eigenvalue weighted by Crippen LogP contribution is 2.45. The van der Waals surface area contributed by atoms with E-state index >= 15 is 0 Å². The summed E-state index contributed by atoms with van der Waals surface area (Å²) in [5.41, 5.74) is 1.84. The minimum absolute atomic E-state index is 0.0370. The summed E-state index contributed by atoms with van der Waals surface area (Å²) < 4.78 is 5.13. The van der Waals surface area contributed by atoms with E-state index in [9.17, 15) is 14.7 Å². The largest absolute Gasteiger partial charge is 0.545 e. The van der Waals surface area contributed by atoms with E-state index in [-0.39, 0.29) is 23.4 Å². The summed E-state index contributed by atoms with van der Waals surface area (Å²) in [4.78, 5) is 23.1. The summed E-state index contributed by atoms with van der Waals surface area (Å²) in [6, 6.07) is 4.41. The van der Waals surface area contributed by atoms with Crippen LogP contribution in [0, 0.1) is 5.92 Å². The first kappa shape index (κ1) is 13.7. The summed E-state index contributed by atoms with van der Waals surface area (Å²) in [5, 5.41) is 14.2. The van der Waals surface area contributed by atoms with Gasteiger partial charge in [-0.3, -0.25) is 0 Å². The molecule has 3 rings (SSSR count). The third kappa shape index (κ3) is 2.28. The predicted molar refractivity (Wildman–Crippen MR) is 74.8 cm³/mol. The van der Waals surface area contributed by atoms with Gasteiger partial charge in [-0.1, -0.05) is 18.2 Å². The number of nitrogens with one attached hydrogen (secondary N) is 1. The monoisotopic (exact) mass is 286 g/mol. The minimum Gasteiger partial charge on any atom is -0.545 e. The molecule has 5 heteroatoms. The molecule has 0 spiro atoms. The number of hydrogen-bond acceptors (Lipinski definition) is 5. The summed E-state index contributed by atoms with van der Waals surface area (Å²) in [6.07, 6.45) is 4.84. The number of ether oxygens (including phenoxy) is 1. The van der Waals surface area contributed by atoms with Crippen LogP contribution in [0.5, 0.6) is 0 Å². The lowest BCUT2D eigenvalue weighted by Gasteiger charge is -2.35. The van der Waals surface area contributed by atoms with Crippen molar-refractivity contribution in [1.82, 2.24) is 0 Å². The number of fused-ring (bicyclic) bond motifs is 3. The molecule has 3 atom stereocenters. The Hall–Kier alpha value is -2.30. The van der Waals surface area contributed by atoms with Crippen molar-refractivity contribution in [3.8, 4) is 0 Å². The molecule has 1 aliphatic heterocycles. The Morgan fingerprint density at radius 3 is 2.95 bits per heavy atom. The van der Waals surface area contributed by atoms with Crippen LogP contribution < -0.4 is 10.4 Å². The van der Waals surface area contributed by atoms with Gasteiger partial charge in [0, 0.05) is 17.5 Å². The number of rotatable bonds is 3. The van der Waals surface area contributed by atoms with E-state index in [0.29, 0.717) is 6.61 Å². The van der Waals surface area contributed by atoms with Crippen LogP contribution in [0.3, 0.4) is 0 Å². The van der Waals surface area contributed by atoms with Gasteiger partial charge in [-0.05, 0) is 36.6 Å². The second-order valence-electron chi connectivity index (χ2n) is 5.32. The van der Waals surface area contributed by atoms with Gasteiger partial charge in [0.2, 0.25) is 0 Å². The van der Waals surface area contributed by atoms with E-state index < -0.39 is 12.0 Å². The molecule has 0 saturated heterocycles. The van der Waals surface area contributed by atoms with Gasteiger partial charge in [0.1, 0.15) is 6.04 Å². The average Bonchev–Trinajstić information content (AvgIpc) is 2.95. The number of aromatic carboxylic acids is 1. The zero-order chi connectivity index (χ0) is 15.0. The maximum absolute atomic E-state index is 12.1. The van der Waals surface area contributed by atoms with Gasteiger partial charge in [0.15, 0.2) is 0 Å². The normalized spacial score (nSPS) is 25.7. The number of carbonyl (C=O) groups is 2. The van der Waals surface area contributed by atoms with Crippen LogP contribution >= 0.6 is 0 Å². The first-order valence-electron chi connectivity index (χ1n) is 7.07. The highest BCUT2D eigenvalue weighted by molar-refractivity contribution is 5.88. The fourth-order valence-corrected chi connectivity index (χ4v) is 3.19. The lowest BCUT2D eigenvalue weighted by atomic mass is 9.79. The maximum atomic E-state index is 12.1. The molecular weight excluding hydrogens is 270 g/mol. The third-order valence-electron chi connectivity index (χ3n) is 4.14. The highest BCUT2D eigenvalue weighted by Gasteiger charge is 2.41. The molecule has 0 radical (unpaired) electrons. The van der Waals surface area contributed by atoms with E-state index in [2.05, 4.69) is 5.32 Å². The lowest BCUT2D eigenvalue weighted by molar-refractivity contribution is -0.255. The minimum atomic E-state index is -1.19. The Labute approximate surface area is 122 Å². The van der Waals surface area contributed by atoms with Crippen molar-refractivity contribution < 1.29 is 19.4 Å². The zero-order valence-electron chi connectivity index (χ0n) is 11.7. The fourth-order valence-electron chi connectivity index (χ4n) is 3.19. The summed E-state index contributed by atoms with van der Waals surface area (Å²) in [6.45, 7) is 2.13. The van der Waals surface area contributed by atoms with Crippen LogP contribution in [0.4, 0.5) is 5.69 Å². The van der Waals surface area contributed by atoms with E-state index in [1.165, 1.54) is 6.07 Å². The molecular formula is C16H16NO4-. The quantitative estimate of drug-likeness (QED) is 0.664. The highest BCUT2D eigenvalue weighted by atomic mass is 16.5. The Kier molecular flexibility index (Phi) is 3.41. The molecule has 0 bridgehead atoms. The molecule has 110 valence electrons. The predicted octanol–water partition coefficient (Wildman–Crippen LogP) is 1.07. The van der Waals surface area contributed by atoms with Crippen molar-refractivity contribution in [3.05, 3.63) is 41.5 Å². The molecule has 1 aromatic carbocycles. The standard InChI is InChI=1S/C16H17NO4/c1-2-21-16(20)14-11-5-3-4-10(11)12-8-9(15(18)19)6-7-13(12)17-14/h3-4,6-8,10-11,14,17H,2,5H2,1H3,(H,18,19)/p-1/t10-,11-,14+/m0/s1. The van der Waals surface area contributed by atoms with Crippen molar-refractivity contribution >= 4 is 17.6 Å². The van der Waals surface area contributed by atoms with E-state index in [1.54, 1.807) is 19.1 Å². The van der Waals surface area contributed by atoms with Crippen LogP contribution in [0.25, 0.3) is 0 Å². The molecule has 0 unspecified atom stereocenters. The SMILES string of the molecule is CCOC(=O)[C@@H]1Nc2ccc(C(=O)[O-])cc2[C@H]2C=CC[C@@H]21. The second-order valence-corrected chi connectivity index (χ2v) is 5.32. The van der Waals surface area contributed by atoms with E-state index in [4.69, 9.17) is 4.74 Å². The Balaban J connectivity index is 1.98.